The van der Waals surface area contributed by atoms with E-state index in [-0.39, 0.29) is 6.04 Å². The Morgan fingerprint density at radius 2 is 1.69 bits per heavy atom. The number of nitrogens with one attached hydrogen (secondary N) is 1. The molecule has 0 amide bonds. The zero-order chi connectivity index (χ0) is 21.9. The first-order valence-corrected chi connectivity index (χ1v) is 10.3. The van der Waals surface area contributed by atoms with E-state index in [2.05, 4.69) is 46.5 Å². The van der Waals surface area contributed by atoms with Gasteiger partial charge >= 0.3 is 0 Å². The number of imidazole rings is 1. The van der Waals surface area contributed by atoms with Crippen LogP contribution in [0.3, 0.4) is 0 Å². The Kier molecular flexibility index (Phi) is 5.06. The van der Waals surface area contributed by atoms with Gasteiger partial charge in [-0.05, 0) is 53.9 Å². The van der Waals surface area contributed by atoms with E-state index in [9.17, 15) is 0 Å². The average molecular weight is 416 g/mol. The molecule has 5 aromatic rings. The largest absolute Gasteiger partial charge is 0.348 e. The van der Waals surface area contributed by atoms with E-state index in [0.717, 1.165) is 28.0 Å². The van der Waals surface area contributed by atoms with E-state index in [1.54, 1.807) is 12.5 Å². The van der Waals surface area contributed by atoms with E-state index in [1.165, 1.54) is 5.56 Å². The second-order valence-electron chi connectivity index (χ2n) is 7.52. The molecule has 0 fully saturated rings. The number of hydrogen-bond acceptors (Lipinski definition) is 5. The summed E-state index contributed by atoms with van der Waals surface area (Å²) in [7, 11) is 0. The van der Waals surface area contributed by atoms with Crippen LogP contribution in [0.2, 0.25) is 0 Å². The van der Waals surface area contributed by atoms with Crippen molar-refractivity contribution in [3.8, 4) is 23.0 Å². The Hall–Kier alpha value is -4.50. The molecule has 0 spiro atoms. The van der Waals surface area contributed by atoms with E-state index in [1.807, 2.05) is 65.2 Å². The van der Waals surface area contributed by atoms with Gasteiger partial charge in [0, 0.05) is 6.20 Å². The Labute approximate surface area is 185 Å². The summed E-state index contributed by atoms with van der Waals surface area (Å²) in [6.07, 6.45) is 3.53. The molecule has 6 nitrogen and oxygen atoms in total. The number of anilines is 1. The molecule has 2 heterocycles. The Morgan fingerprint density at radius 1 is 0.906 bits per heavy atom. The number of aromatic nitrogens is 4. The van der Waals surface area contributed by atoms with Crippen LogP contribution in [0, 0.1) is 11.3 Å². The number of fused-ring (bicyclic) bond motifs is 1. The van der Waals surface area contributed by atoms with Gasteiger partial charge in [-0.15, -0.1) is 0 Å². The molecule has 6 heteroatoms. The maximum atomic E-state index is 9.04. The highest BCUT2D eigenvalue weighted by atomic mass is 15.2. The van der Waals surface area contributed by atoms with Gasteiger partial charge in [0.05, 0.1) is 28.7 Å². The van der Waals surface area contributed by atoms with Crippen LogP contribution in [0.4, 0.5) is 5.95 Å². The Bertz CT molecular complexity index is 1410. The van der Waals surface area contributed by atoms with Crippen molar-refractivity contribution in [2.45, 2.75) is 13.0 Å². The molecule has 0 radical (unpaired) electrons. The van der Waals surface area contributed by atoms with Crippen molar-refractivity contribution in [3.05, 3.63) is 103 Å². The molecule has 154 valence electrons. The average Bonchev–Trinajstić information content (AvgIpc) is 3.28. The summed E-state index contributed by atoms with van der Waals surface area (Å²) in [5, 5.41) is 12.4. The summed E-state index contributed by atoms with van der Waals surface area (Å²) in [5.74, 6) is 1.30. The Balaban J connectivity index is 1.48. The lowest BCUT2D eigenvalue weighted by Crippen LogP contribution is -2.10. The van der Waals surface area contributed by atoms with Gasteiger partial charge in [-0.1, -0.05) is 48.5 Å². The third-order valence-electron chi connectivity index (χ3n) is 5.43. The van der Waals surface area contributed by atoms with E-state index in [4.69, 9.17) is 10.2 Å². The zero-order valence-electron chi connectivity index (χ0n) is 17.5. The molecular formula is C26H20N6. The van der Waals surface area contributed by atoms with Gasteiger partial charge in [-0.3, -0.25) is 4.57 Å². The summed E-state index contributed by atoms with van der Waals surface area (Å²) < 4.78 is 1.96. The summed E-state index contributed by atoms with van der Waals surface area (Å²) in [6, 6.07) is 28.0. The second kappa shape index (κ2) is 8.32. The van der Waals surface area contributed by atoms with E-state index >= 15 is 0 Å². The first-order valence-electron chi connectivity index (χ1n) is 10.3. The SMILES string of the molecule is CC(Nc1nccc(-n2cnc3ccc(-c4ccc(C#N)cc4)cc32)n1)c1ccccc1. The van der Waals surface area contributed by atoms with Crippen LogP contribution in [0.1, 0.15) is 24.1 Å². The minimum Gasteiger partial charge on any atom is -0.348 e. The van der Waals surface area contributed by atoms with Crippen LogP contribution in [0.15, 0.2) is 91.4 Å². The minimum absolute atomic E-state index is 0.0777. The van der Waals surface area contributed by atoms with Crippen molar-refractivity contribution in [2.24, 2.45) is 0 Å². The predicted octanol–water partition coefficient (Wildman–Crippen LogP) is 5.53. The van der Waals surface area contributed by atoms with Gasteiger partial charge in [0.15, 0.2) is 0 Å². The minimum atomic E-state index is 0.0777. The number of hydrogen-bond donors (Lipinski definition) is 1. The molecule has 0 aliphatic carbocycles. The molecular weight excluding hydrogens is 396 g/mol. The second-order valence-corrected chi connectivity index (χ2v) is 7.52. The van der Waals surface area contributed by atoms with E-state index in [0.29, 0.717) is 11.5 Å². The molecule has 1 N–H and O–H groups in total. The number of nitriles is 1. The van der Waals surface area contributed by atoms with E-state index < -0.39 is 0 Å². The normalized spacial score (nSPS) is 11.8. The standard InChI is InChI=1S/C26H20N6/c1-18(20-5-3-2-4-6-20)30-26-28-14-13-25(31-26)32-17-29-23-12-11-22(15-24(23)32)21-9-7-19(16-27)8-10-21/h2-15,17-18H,1H3,(H,28,30,31). The monoisotopic (exact) mass is 416 g/mol. The fourth-order valence-electron chi connectivity index (χ4n) is 3.68. The van der Waals surface area contributed by atoms with Crippen LogP contribution in [-0.2, 0) is 0 Å². The lowest BCUT2D eigenvalue weighted by molar-refractivity contribution is 0.854. The van der Waals surface area contributed by atoms with Crippen molar-refractivity contribution in [2.75, 3.05) is 5.32 Å². The molecule has 0 bridgehead atoms. The fourth-order valence-corrected chi connectivity index (χ4v) is 3.68. The number of benzene rings is 3. The molecule has 3 aromatic carbocycles. The molecule has 5 rings (SSSR count). The maximum Gasteiger partial charge on any atom is 0.225 e. The highest BCUT2D eigenvalue weighted by Crippen LogP contribution is 2.26. The topological polar surface area (TPSA) is 79.4 Å². The number of nitrogens with zero attached hydrogens (tertiary/aromatic N) is 5. The summed E-state index contributed by atoms with van der Waals surface area (Å²) >= 11 is 0. The van der Waals surface area contributed by atoms with Crippen molar-refractivity contribution in [1.29, 1.82) is 5.26 Å². The molecule has 0 aliphatic rings. The molecule has 1 unspecified atom stereocenters. The lowest BCUT2D eigenvalue weighted by atomic mass is 10.0. The van der Waals surface area contributed by atoms with Crippen molar-refractivity contribution >= 4 is 17.0 Å². The first-order chi connectivity index (χ1) is 15.7. The fraction of sp³-hybridized carbons (Fsp3) is 0.0769. The van der Waals surface area contributed by atoms with Crippen molar-refractivity contribution in [3.63, 3.8) is 0 Å². The molecule has 0 aliphatic heterocycles. The first kappa shape index (κ1) is 19.5. The lowest BCUT2D eigenvalue weighted by Gasteiger charge is -2.14. The van der Waals surface area contributed by atoms with Gasteiger partial charge in [-0.2, -0.15) is 10.2 Å². The smallest absolute Gasteiger partial charge is 0.225 e. The maximum absolute atomic E-state index is 9.04. The third-order valence-corrected chi connectivity index (χ3v) is 5.43. The van der Waals surface area contributed by atoms with Crippen LogP contribution in [0.5, 0.6) is 0 Å². The molecule has 1 atom stereocenters. The van der Waals surface area contributed by atoms with Crippen LogP contribution >= 0.6 is 0 Å². The summed E-state index contributed by atoms with van der Waals surface area (Å²) in [6.45, 7) is 2.09. The summed E-state index contributed by atoms with van der Waals surface area (Å²) in [5.41, 5.74) is 5.74. The van der Waals surface area contributed by atoms with Crippen LogP contribution < -0.4 is 5.32 Å². The van der Waals surface area contributed by atoms with Gasteiger partial charge < -0.3 is 5.32 Å². The van der Waals surface area contributed by atoms with Gasteiger partial charge in [0.25, 0.3) is 0 Å². The van der Waals surface area contributed by atoms with Crippen molar-refractivity contribution in [1.82, 2.24) is 19.5 Å². The highest BCUT2D eigenvalue weighted by molar-refractivity contribution is 5.83. The van der Waals surface area contributed by atoms with Crippen LogP contribution in [-0.4, -0.2) is 19.5 Å². The summed E-state index contributed by atoms with van der Waals surface area (Å²) in [4.78, 5) is 13.6. The molecule has 2 aromatic heterocycles. The third kappa shape index (κ3) is 3.80. The predicted molar refractivity (Wildman–Crippen MR) is 125 cm³/mol. The molecule has 32 heavy (non-hydrogen) atoms. The highest BCUT2D eigenvalue weighted by Gasteiger charge is 2.11. The Morgan fingerprint density at radius 3 is 2.47 bits per heavy atom. The van der Waals surface area contributed by atoms with Crippen molar-refractivity contribution < 1.29 is 0 Å². The van der Waals surface area contributed by atoms with Crippen LogP contribution in [0.25, 0.3) is 28.0 Å². The van der Waals surface area contributed by atoms with Gasteiger partial charge in [-0.25, -0.2) is 9.97 Å². The van der Waals surface area contributed by atoms with Gasteiger partial charge in [0.2, 0.25) is 5.95 Å². The van der Waals surface area contributed by atoms with Gasteiger partial charge in [0.1, 0.15) is 12.1 Å². The molecule has 0 saturated carbocycles. The quantitative estimate of drug-likeness (QED) is 0.408. The zero-order valence-corrected chi connectivity index (χ0v) is 17.5. The molecule has 0 saturated heterocycles. The number of rotatable bonds is 5.